The van der Waals surface area contributed by atoms with E-state index in [9.17, 15) is 9.59 Å². The highest BCUT2D eigenvalue weighted by Gasteiger charge is 2.21. The molecule has 0 aromatic carbocycles. The fourth-order valence-electron chi connectivity index (χ4n) is 1.40. The van der Waals surface area contributed by atoms with Crippen LogP contribution in [0.5, 0.6) is 0 Å². The molecule has 0 aliphatic heterocycles. The van der Waals surface area contributed by atoms with Crippen LogP contribution in [0.2, 0.25) is 0 Å². The third-order valence-electron chi connectivity index (χ3n) is 2.56. The van der Waals surface area contributed by atoms with Crippen molar-refractivity contribution in [3.05, 3.63) is 17.5 Å². The van der Waals surface area contributed by atoms with Gasteiger partial charge in [-0.1, -0.05) is 0 Å². The van der Waals surface area contributed by atoms with Gasteiger partial charge in [-0.25, -0.2) is 4.79 Å². The molecule has 1 unspecified atom stereocenters. The Kier molecular flexibility index (Phi) is 4.85. The molecule has 7 heteroatoms. The maximum Gasteiger partial charge on any atom is 0.326 e. The second kappa shape index (κ2) is 6.15. The molecule has 7 nitrogen and oxygen atoms in total. The van der Waals surface area contributed by atoms with Gasteiger partial charge >= 0.3 is 5.97 Å². The van der Waals surface area contributed by atoms with Crippen LogP contribution in [-0.4, -0.2) is 46.5 Å². The molecule has 0 saturated carbocycles. The third-order valence-corrected chi connectivity index (χ3v) is 2.56. The van der Waals surface area contributed by atoms with Crippen LogP contribution in [0.4, 0.5) is 0 Å². The summed E-state index contributed by atoms with van der Waals surface area (Å²) >= 11 is 0. The minimum Gasteiger partial charge on any atom is -0.480 e. The second-order valence-electron chi connectivity index (χ2n) is 3.94. The van der Waals surface area contributed by atoms with Gasteiger partial charge in [0.1, 0.15) is 11.7 Å². The molecule has 0 saturated heterocycles. The Balaban J connectivity index is 2.69. The molecule has 1 heterocycles. The van der Waals surface area contributed by atoms with Crippen molar-refractivity contribution in [3.63, 3.8) is 0 Å². The Hall–Kier alpha value is -1.89. The van der Waals surface area contributed by atoms with Crippen LogP contribution in [0, 0.1) is 6.92 Å². The van der Waals surface area contributed by atoms with Crippen molar-refractivity contribution in [2.45, 2.75) is 19.4 Å². The maximum atomic E-state index is 11.8. The fourth-order valence-corrected chi connectivity index (χ4v) is 1.40. The molecular formula is C11H17N3O4. The summed E-state index contributed by atoms with van der Waals surface area (Å²) in [5.41, 5.74) is 1.03. The quantitative estimate of drug-likeness (QED) is 0.743. The molecule has 1 amide bonds. The van der Waals surface area contributed by atoms with Crippen LogP contribution in [0.15, 0.2) is 6.07 Å². The molecule has 1 rings (SSSR count). The first-order chi connectivity index (χ1) is 8.45. The molecule has 100 valence electrons. The van der Waals surface area contributed by atoms with Gasteiger partial charge in [0.2, 0.25) is 0 Å². The van der Waals surface area contributed by atoms with Gasteiger partial charge in [0.25, 0.3) is 5.91 Å². The number of carbonyl (C=O) groups excluding carboxylic acids is 1. The molecule has 0 radical (unpaired) electrons. The second-order valence-corrected chi connectivity index (χ2v) is 3.94. The van der Waals surface area contributed by atoms with E-state index >= 15 is 0 Å². The van der Waals surface area contributed by atoms with Crippen molar-refractivity contribution in [1.82, 2.24) is 15.1 Å². The number of aliphatic carboxylic acids is 1. The number of nitrogens with one attached hydrogen (secondary N) is 1. The number of aromatic nitrogens is 2. The molecule has 1 atom stereocenters. The number of rotatable bonds is 6. The van der Waals surface area contributed by atoms with Gasteiger partial charge in [-0.15, -0.1) is 0 Å². The molecular weight excluding hydrogens is 238 g/mol. The topological polar surface area (TPSA) is 93.5 Å². The van der Waals surface area contributed by atoms with E-state index in [4.69, 9.17) is 9.84 Å². The van der Waals surface area contributed by atoms with Gasteiger partial charge in [-0.05, 0) is 13.0 Å². The van der Waals surface area contributed by atoms with Crippen LogP contribution in [0.25, 0.3) is 0 Å². The van der Waals surface area contributed by atoms with Gasteiger partial charge in [-0.2, -0.15) is 5.10 Å². The summed E-state index contributed by atoms with van der Waals surface area (Å²) in [6.45, 7) is 2.07. The number of hydrogen-bond donors (Lipinski definition) is 2. The van der Waals surface area contributed by atoms with Crippen molar-refractivity contribution < 1.29 is 19.4 Å². The van der Waals surface area contributed by atoms with Crippen LogP contribution in [0.3, 0.4) is 0 Å². The van der Waals surface area contributed by atoms with Crippen molar-refractivity contribution in [1.29, 1.82) is 0 Å². The van der Waals surface area contributed by atoms with E-state index in [1.54, 1.807) is 17.8 Å². The van der Waals surface area contributed by atoms with Crippen LogP contribution in [-0.2, 0) is 16.6 Å². The Morgan fingerprint density at radius 3 is 2.72 bits per heavy atom. The zero-order chi connectivity index (χ0) is 13.7. The highest BCUT2D eigenvalue weighted by Crippen LogP contribution is 2.02. The maximum absolute atomic E-state index is 11.8. The standard InChI is InChI=1S/C11H17N3O4/c1-7-6-9(13-14(7)2)10(15)12-8(11(16)17)4-5-18-3/h6,8H,4-5H2,1-3H3,(H,12,15)(H,16,17). The van der Waals surface area contributed by atoms with E-state index in [1.165, 1.54) is 7.11 Å². The Labute approximate surface area is 105 Å². The van der Waals surface area contributed by atoms with Gasteiger partial charge in [0.15, 0.2) is 0 Å². The summed E-state index contributed by atoms with van der Waals surface area (Å²) in [6.07, 6.45) is 0.212. The Morgan fingerprint density at radius 1 is 1.61 bits per heavy atom. The average Bonchev–Trinajstić information content (AvgIpc) is 2.64. The van der Waals surface area contributed by atoms with Gasteiger partial charge < -0.3 is 15.2 Å². The monoisotopic (exact) mass is 255 g/mol. The summed E-state index contributed by atoms with van der Waals surface area (Å²) in [5, 5.41) is 15.4. The fraction of sp³-hybridized carbons (Fsp3) is 0.545. The molecule has 1 aromatic heterocycles. The summed E-state index contributed by atoms with van der Waals surface area (Å²) < 4.78 is 6.35. The number of nitrogens with zero attached hydrogens (tertiary/aromatic N) is 2. The smallest absolute Gasteiger partial charge is 0.326 e. The minimum absolute atomic E-state index is 0.207. The van der Waals surface area contributed by atoms with Crippen molar-refractivity contribution >= 4 is 11.9 Å². The molecule has 2 N–H and O–H groups in total. The van der Waals surface area contributed by atoms with Gasteiger partial charge in [-0.3, -0.25) is 9.48 Å². The number of carboxylic acid groups (broad SMARTS) is 1. The number of aryl methyl sites for hydroxylation is 2. The summed E-state index contributed by atoms with van der Waals surface area (Å²) in [5.74, 6) is -1.59. The van der Waals surface area contributed by atoms with Crippen molar-refractivity contribution in [3.8, 4) is 0 Å². The largest absolute Gasteiger partial charge is 0.480 e. The Bertz CT molecular complexity index is 422. The summed E-state index contributed by atoms with van der Waals surface area (Å²) in [7, 11) is 3.19. The Morgan fingerprint density at radius 2 is 2.28 bits per heavy atom. The summed E-state index contributed by atoms with van der Waals surface area (Å²) in [4.78, 5) is 22.7. The minimum atomic E-state index is -1.09. The molecule has 0 fully saturated rings. The molecule has 0 spiro atoms. The number of carboxylic acids is 1. The molecule has 18 heavy (non-hydrogen) atoms. The van der Waals surface area contributed by atoms with E-state index in [2.05, 4.69) is 10.4 Å². The first-order valence-corrected chi connectivity index (χ1v) is 5.49. The van der Waals surface area contributed by atoms with E-state index < -0.39 is 17.9 Å². The lowest BCUT2D eigenvalue weighted by molar-refractivity contribution is -0.139. The highest BCUT2D eigenvalue weighted by molar-refractivity contribution is 5.95. The normalized spacial score (nSPS) is 12.2. The SMILES string of the molecule is COCCC(NC(=O)c1cc(C)n(C)n1)C(=O)O. The van der Waals surface area contributed by atoms with Gasteiger partial charge in [0, 0.05) is 32.9 Å². The predicted molar refractivity (Wildman–Crippen MR) is 63.3 cm³/mol. The number of carbonyl (C=O) groups is 2. The molecule has 0 aliphatic carbocycles. The van der Waals surface area contributed by atoms with Crippen molar-refractivity contribution in [2.75, 3.05) is 13.7 Å². The number of ether oxygens (including phenoxy) is 1. The zero-order valence-corrected chi connectivity index (χ0v) is 10.6. The predicted octanol–water partition coefficient (Wildman–Crippen LogP) is -0.0520. The zero-order valence-electron chi connectivity index (χ0n) is 10.6. The van der Waals surface area contributed by atoms with E-state index in [1.807, 2.05) is 6.92 Å². The number of methoxy groups -OCH3 is 1. The average molecular weight is 255 g/mol. The van der Waals surface area contributed by atoms with Gasteiger partial charge in [0.05, 0.1) is 0 Å². The first-order valence-electron chi connectivity index (χ1n) is 5.49. The van der Waals surface area contributed by atoms with E-state index in [-0.39, 0.29) is 18.7 Å². The molecule has 0 aliphatic rings. The lowest BCUT2D eigenvalue weighted by Gasteiger charge is -2.12. The van der Waals surface area contributed by atoms with Crippen LogP contribution >= 0.6 is 0 Å². The molecule has 0 bridgehead atoms. The summed E-state index contributed by atoms with van der Waals surface area (Å²) in [6, 6.07) is 0.629. The third kappa shape index (κ3) is 3.56. The van der Waals surface area contributed by atoms with Crippen LogP contribution < -0.4 is 5.32 Å². The van der Waals surface area contributed by atoms with Crippen LogP contribution in [0.1, 0.15) is 22.6 Å². The number of amides is 1. The molecule has 1 aromatic rings. The first kappa shape index (κ1) is 14.2. The highest BCUT2D eigenvalue weighted by atomic mass is 16.5. The lowest BCUT2D eigenvalue weighted by Crippen LogP contribution is -2.41. The lowest BCUT2D eigenvalue weighted by atomic mass is 10.2. The van der Waals surface area contributed by atoms with E-state index in [0.29, 0.717) is 0 Å². The van der Waals surface area contributed by atoms with E-state index in [0.717, 1.165) is 5.69 Å². The number of hydrogen-bond acceptors (Lipinski definition) is 4. The van der Waals surface area contributed by atoms with Crippen molar-refractivity contribution in [2.24, 2.45) is 7.05 Å².